The third-order valence-electron chi connectivity index (χ3n) is 3.48. The number of hydrogen-bond donors (Lipinski definition) is 1. The van der Waals surface area contributed by atoms with Gasteiger partial charge in [-0.05, 0) is 37.5 Å². The summed E-state index contributed by atoms with van der Waals surface area (Å²) in [4.78, 5) is 11.5. The molecule has 1 aliphatic heterocycles. The number of carbonyl (C=O) groups excluding carboxylic acids is 1. The van der Waals surface area contributed by atoms with E-state index in [1.165, 1.54) is 10.4 Å². The Morgan fingerprint density at radius 1 is 1.21 bits per heavy atom. The van der Waals surface area contributed by atoms with Crippen LogP contribution in [0.2, 0.25) is 0 Å². The summed E-state index contributed by atoms with van der Waals surface area (Å²) < 4.78 is 26.6. The summed E-state index contributed by atoms with van der Waals surface area (Å²) in [5, 5.41) is 0. The van der Waals surface area contributed by atoms with Gasteiger partial charge in [-0.2, -0.15) is 4.31 Å². The number of hydrogen-bond acceptors (Lipinski definition) is 3. The normalized spacial score (nSPS) is 17.3. The molecule has 0 aromatic heterocycles. The van der Waals surface area contributed by atoms with Crippen LogP contribution >= 0.6 is 0 Å². The highest BCUT2D eigenvalue weighted by atomic mass is 32.2. The molecule has 0 atom stereocenters. The number of nitrogens with two attached hydrogens (primary N) is 1. The zero-order valence-electron chi connectivity index (χ0n) is 10.9. The lowest BCUT2D eigenvalue weighted by molar-refractivity contribution is 0.0999. The van der Waals surface area contributed by atoms with Crippen LogP contribution in [0.5, 0.6) is 0 Å². The summed E-state index contributed by atoms with van der Waals surface area (Å²) >= 11 is 0. The van der Waals surface area contributed by atoms with Gasteiger partial charge in [0, 0.05) is 18.7 Å². The molecule has 1 aromatic rings. The predicted molar refractivity (Wildman–Crippen MR) is 72.3 cm³/mol. The molecular formula is C13H18N2O3S. The lowest BCUT2D eigenvalue weighted by Crippen LogP contribution is -2.36. The monoisotopic (exact) mass is 282 g/mol. The number of amides is 1. The van der Waals surface area contributed by atoms with Crippen LogP contribution in [0.15, 0.2) is 23.1 Å². The summed E-state index contributed by atoms with van der Waals surface area (Å²) in [5.41, 5.74) is 5.95. The maximum atomic E-state index is 12.6. The first-order valence-corrected chi connectivity index (χ1v) is 7.78. The molecule has 0 unspecified atom stereocenters. The summed E-state index contributed by atoms with van der Waals surface area (Å²) in [6.45, 7) is 2.71. The van der Waals surface area contributed by atoms with Crippen molar-refractivity contribution in [2.24, 2.45) is 5.73 Å². The fourth-order valence-electron chi connectivity index (χ4n) is 2.41. The highest BCUT2D eigenvalue weighted by Crippen LogP contribution is 2.24. The zero-order chi connectivity index (χ0) is 14.0. The SMILES string of the molecule is Cc1c(C(N)=O)cccc1S(=O)(=O)N1CCCCC1. The second kappa shape index (κ2) is 5.30. The van der Waals surface area contributed by atoms with E-state index in [0.29, 0.717) is 18.7 Å². The molecule has 1 aliphatic rings. The van der Waals surface area contributed by atoms with Crippen molar-refractivity contribution in [3.05, 3.63) is 29.3 Å². The van der Waals surface area contributed by atoms with Crippen LogP contribution < -0.4 is 5.73 Å². The molecule has 2 N–H and O–H groups in total. The topological polar surface area (TPSA) is 80.5 Å². The number of nitrogens with zero attached hydrogens (tertiary/aromatic N) is 1. The van der Waals surface area contributed by atoms with Gasteiger partial charge in [0.1, 0.15) is 0 Å². The van der Waals surface area contributed by atoms with Gasteiger partial charge >= 0.3 is 0 Å². The van der Waals surface area contributed by atoms with Gasteiger partial charge < -0.3 is 5.73 Å². The van der Waals surface area contributed by atoms with E-state index in [4.69, 9.17) is 5.73 Å². The van der Waals surface area contributed by atoms with E-state index in [9.17, 15) is 13.2 Å². The van der Waals surface area contributed by atoms with E-state index in [1.54, 1.807) is 19.1 Å². The highest BCUT2D eigenvalue weighted by molar-refractivity contribution is 7.89. The van der Waals surface area contributed by atoms with Gasteiger partial charge in [-0.3, -0.25) is 4.79 Å². The van der Waals surface area contributed by atoms with Crippen molar-refractivity contribution in [2.45, 2.75) is 31.1 Å². The zero-order valence-corrected chi connectivity index (χ0v) is 11.7. The fourth-order valence-corrected chi connectivity index (χ4v) is 4.17. The molecule has 0 bridgehead atoms. The molecule has 1 fully saturated rings. The van der Waals surface area contributed by atoms with Gasteiger partial charge in [0.05, 0.1) is 4.90 Å². The average molecular weight is 282 g/mol. The van der Waals surface area contributed by atoms with Crippen molar-refractivity contribution in [3.8, 4) is 0 Å². The van der Waals surface area contributed by atoms with E-state index >= 15 is 0 Å². The van der Waals surface area contributed by atoms with Crippen LogP contribution in [0.1, 0.15) is 35.2 Å². The Hall–Kier alpha value is -1.40. The summed E-state index contributed by atoms with van der Waals surface area (Å²) in [5.74, 6) is -0.604. The molecule has 5 nitrogen and oxygen atoms in total. The van der Waals surface area contributed by atoms with Crippen molar-refractivity contribution >= 4 is 15.9 Å². The largest absolute Gasteiger partial charge is 0.366 e. The van der Waals surface area contributed by atoms with Crippen LogP contribution in [0.25, 0.3) is 0 Å². The highest BCUT2D eigenvalue weighted by Gasteiger charge is 2.28. The standard InChI is InChI=1S/C13H18N2O3S/c1-10-11(13(14)16)6-5-7-12(10)19(17,18)15-8-3-2-4-9-15/h5-7H,2-4,8-9H2,1H3,(H2,14,16). The first kappa shape index (κ1) is 14.0. The van der Waals surface area contributed by atoms with Crippen molar-refractivity contribution in [1.29, 1.82) is 0 Å². The van der Waals surface area contributed by atoms with Gasteiger partial charge in [-0.15, -0.1) is 0 Å². The Morgan fingerprint density at radius 3 is 2.42 bits per heavy atom. The second-order valence-corrected chi connectivity index (χ2v) is 6.66. The molecule has 0 aliphatic carbocycles. The van der Waals surface area contributed by atoms with Gasteiger partial charge in [-0.25, -0.2) is 8.42 Å². The fraction of sp³-hybridized carbons (Fsp3) is 0.462. The molecule has 0 radical (unpaired) electrons. The number of sulfonamides is 1. The molecule has 104 valence electrons. The van der Waals surface area contributed by atoms with Gasteiger partial charge in [0.25, 0.3) is 0 Å². The Balaban J connectivity index is 2.46. The Kier molecular flexibility index (Phi) is 3.91. The van der Waals surface area contributed by atoms with Crippen LogP contribution in [-0.4, -0.2) is 31.7 Å². The van der Waals surface area contributed by atoms with E-state index in [2.05, 4.69) is 0 Å². The first-order chi connectivity index (χ1) is 8.94. The molecule has 1 heterocycles. The van der Waals surface area contributed by atoms with Crippen LogP contribution in [0.3, 0.4) is 0 Å². The van der Waals surface area contributed by atoms with Crippen molar-refractivity contribution in [1.82, 2.24) is 4.31 Å². The van der Waals surface area contributed by atoms with Gasteiger partial charge in [0.2, 0.25) is 15.9 Å². The van der Waals surface area contributed by atoms with Crippen LogP contribution in [0.4, 0.5) is 0 Å². The number of rotatable bonds is 3. The Morgan fingerprint density at radius 2 is 1.84 bits per heavy atom. The Labute approximate surface area is 113 Å². The number of carbonyl (C=O) groups is 1. The smallest absolute Gasteiger partial charge is 0.249 e. The van der Waals surface area contributed by atoms with Gasteiger partial charge in [0.15, 0.2) is 0 Å². The molecule has 0 spiro atoms. The summed E-state index contributed by atoms with van der Waals surface area (Å²) in [7, 11) is -3.52. The maximum absolute atomic E-state index is 12.6. The van der Waals surface area contributed by atoms with Crippen molar-refractivity contribution < 1.29 is 13.2 Å². The maximum Gasteiger partial charge on any atom is 0.249 e. The number of piperidine rings is 1. The Bertz CT molecular complexity index is 590. The third-order valence-corrected chi connectivity index (χ3v) is 5.53. The molecule has 0 saturated carbocycles. The molecular weight excluding hydrogens is 264 g/mol. The van der Waals surface area contributed by atoms with E-state index in [1.807, 2.05) is 0 Å². The molecule has 1 amide bonds. The number of benzene rings is 1. The summed E-state index contributed by atoms with van der Waals surface area (Å²) in [6.07, 6.45) is 2.83. The molecule has 19 heavy (non-hydrogen) atoms. The number of primary amides is 1. The second-order valence-electron chi connectivity index (χ2n) is 4.76. The quantitative estimate of drug-likeness (QED) is 0.906. The molecule has 2 rings (SSSR count). The van der Waals surface area contributed by atoms with Crippen molar-refractivity contribution in [2.75, 3.05) is 13.1 Å². The minimum atomic E-state index is -3.52. The minimum Gasteiger partial charge on any atom is -0.366 e. The van der Waals surface area contributed by atoms with E-state index in [0.717, 1.165) is 19.3 Å². The molecule has 1 aromatic carbocycles. The lowest BCUT2D eigenvalue weighted by Gasteiger charge is -2.26. The third kappa shape index (κ3) is 2.64. The molecule has 1 saturated heterocycles. The van der Waals surface area contributed by atoms with E-state index < -0.39 is 15.9 Å². The first-order valence-electron chi connectivity index (χ1n) is 6.34. The van der Waals surface area contributed by atoms with E-state index in [-0.39, 0.29) is 10.5 Å². The average Bonchev–Trinajstić information content (AvgIpc) is 2.39. The van der Waals surface area contributed by atoms with Gasteiger partial charge in [-0.1, -0.05) is 12.5 Å². The van der Waals surface area contributed by atoms with Crippen molar-refractivity contribution in [3.63, 3.8) is 0 Å². The minimum absolute atomic E-state index is 0.186. The lowest BCUT2D eigenvalue weighted by atomic mass is 10.1. The molecule has 6 heteroatoms. The van der Waals surface area contributed by atoms with Crippen LogP contribution in [-0.2, 0) is 10.0 Å². The predicted octanol–water partition coefficient (Wildman–Crippen LogP) is 1.27. The van der Waals surface area contributed by atoms with Crippen LogP contribution in [0, 0.1) is 6.92 Å². The summed E-state index contributed by atoms with van der Waals surface area (Å²) in [6, 6.07) is 4.64.